The fraction of sp³-hybridized carbons (Fsp3) is 0. The summed E-state index contributed by atoms with van der Waals surface area (Å²) in [4.78, 5) is 10.4. The van der Waals surface area contributed by atoms with E-state index in [-0.39, 0.29) is 0 Å². The van der Waals surface area contributed by atoms with Crippen molar-refractivity contribution < 1.29 is 0 Å². The molecule has 0 aliphatic carbocycles. The molecule has 54 heavy (non-hydrogen) atoms. The summed E-state index contributed by atoms with van der Waals surface area (Å²) in [5.74, 6) is 0. The topological polar surface area (TPSA) is 25.8 Å². The Morgan fingerprint density at radius 2 is 0.407 bits per heavy atom. The molecule has 0 fully saturated rings. The smallest absolute Gasteiger partial charge is 0.0715 e. The monoisotopic (exact) mass is 688 g/mol. The van der Waals surface area contributed by atoms with Crippen molar-refractivity contribution in [3.63, 3.8) is 0 Å². The summed E-state index contributed by atoms with van der Waals surface area (Å²) < 4.78 is 0. The van der Waals surface area contributed by atoms with Crippen LogP contribution in [0.4, 0.5) is 0 Å². The minimum Gasteiger partial charge on any atom is -0.248 e. The molecule has 0 atom stereocenters. The van der Waals surface area contributed by atoms with Gasteiger partial charge in [-0.2, -0.15) is 0 Å². The van der Waals surface area contributed by atoms with Gasteiger partial charge in [0, 0.05) is 22.3 Å². The first kappa shape index (κ1) is 32.7. The van der Waals surface area contributed by atoms with E-state index in [4.69, 9.17) is 9.97 Å². The van der Waals surface area contributed by atoms with E-state index in [2.05, 4.69) is 194 Å². The van der Waals surface area contributed by atoms with Crippen molar-refractivity contribution in [3.8, 4) is 89.5 Å². The maximum Gasteiger partial charge on any atom is 0.0715 e. The van der Waals surface area contributed by atoms with Crippen molar-refractivity contribution in [2.45, 2.75) is 0 Å². The molecule has 0 bridgehead atoms. The van der Waals surface area contributed by atoms with Gasteiger partial charge in [-0.1, -0.05) is 188 Å². The second kappa shape index (κ2) is 14.8. The van der Waals surface area contributed by atoms with Crippen molar-refractivity contribution in [3.05, 3.63) is 218 Å². The minimum absolute atomic E-state index is 0.938. The van der Waals surface area contributed by atoms with Crippen molar-refractivity contribution >= 4 is 0 Å². The third-order valence-electron chi connectivity index (χ3n) is 9.89. The van der Waals surface area contributed by atoms with Crippen LogP contribution in [0.3, 0.4) is 0 Å². The standard InChI is InChI=1S/C52H36N2/c1-5-14-37(15-6-1)39-24-28-43(29-25-39)51-35-47(33-49(53-51)41-18-9-3-10-19-41)45-22-13-23-46(32-45)48-34-50(42-20-11-4-12-21-42)54-52(36-48)44-30-26-40(27-31-44)38-16-7-2-8-17-38/h1-36H. The lowest BCUT2D eigenvalue weighted by atomic mass is 9.95. The second-order valence-electron chi connectivity index (χ2n) is 13.5. The Morgan fingerprint density at radius 1 is 0.167 bits per heavy atom. The largest absolute Gasteiger partial charge is 0.248 e. The number of rotatable bonds is 8. The molecule has 0 radical (unpaired) electrons. The van der Waals surface area contributed by atoms with Crippen LogP contribution in [0, 0.1) is 0 Å². The summed E-state index contributed by atoms with van der Waals surface area (Å²) in [5.41, 5.74) is 17.3. The molecule has 0 N–H and O–H groups in total. The maximum atomic E-state index is 5.19. The van der Waals surface area contributed by atoms with Crippen molar-refractivity contribution in [1.29, 1.82) is 0 Å². The highest BCUT2D eigenvalue weighted by molar-refractivity contribution is 5.83. The van der Waals surface area contributed by atoms with Gasteiger partial charge in [-0.25, -0.2) is 9.97 Å². The Kier molecular flexibility index (Phi) is 8.99. The highest BCUT2D eigenvalue weighted by Gasteiger charge is 2.13. The molecule has 0 aliphatic rings. The molecule has 2 nitrogen and oxygen atoms in total. The number of aromatic nitrogens is 2. The number of hydrogen-bond donors (Lipinski definition) is 0. The molecule has 0 amide bonds. The highest BCUT2D eigenvalue weighted by Crippen LogP contribution is 2.36. The van der Waals surface area contributed by atoms with Crippen LogP contribution >= 0.6 is 0 Å². The van der Waals surface area contributed by atoms with Crippen molar-refractivity contribution in [2.75, 3.05) is 0 Å². The molecule has 7 aromatic carbocycles. The lowest BCUT2D eigenvalue weighted by molar-refractivity contribution is 1.32. The Bertz CT molecular complexity index is 2470. The quantitative estimate of drug-likeness (QED) is 0.159. The summed E-state index contributed by atoms with van der Waals surface area (Å²) in [6, 6.07) is 77.0. The fourth-order valence-electron chi connectivity index (χ4n) is 7.01. The Balaban J connectivity index is 1.13. The Labute approximate surface area is 316 Å². The highest BCUT2D eigenvalue weighted by atomic mass is 14.7. The number of hydrogen-bond acceptors (Lipinski definition) is 2. The van der Waals surface area contributed by atoms with Crippen LogP contribution in [0.25, 0.3) is 89.5 Å². The van der Waals surface area contributed by atoms with E-state index < -0.39 is 0 Å². The number of nitrogens with zero attached hydrogens (tertiary/aromatic N) is 2. The molecular formula is C52H36N2. The summed E-state index contributed by atoms with van der Waals surface area (Å²) >= 11 is 0. The zero-order valence-electron chi connectivity index (χ0n) is 29.7. The number of benzene rings is 7. The average molecular weight is 689 g/mol. The first-order chi connectivity index (χ1) is 26.7. The second-order valence-corrected chi connectivity index (χ2v) is 13.5. The maximum absolute atomic E-state index is 5.19. The van der Waals surface area contributed by atoms with Gasteiger partial charge in [-0.3, -0.25) is 0 Å². The van der Waals surface area contributed by atoms with E-state index in [1.54, 1.807) is 0 Å². The third-order valence-corrected chi connectivity index (χ3v) is 9.89. The SMILES string of the molecule is c1ccc(-c2ccc(-c3cc(-c4cccc(-c5cc(-c6ccccc6)nc(-c6ccc(-c7ccccc7)cc6)c5)c4)cc(-c4ccccc4)n3)cc2)cc1. The molecule has 0 spiro atoms. The molecule has 254 valence electrons. The zero-order valence-corrected chi connectivity index (χ0v) is 29.7. The average Bonchev–Trinajstić information content (AvgIpc) is 3.27. The molecular weight excluding hydrogens is 653 g/mol. The van der Waals surface area contributed by atoms with Crippen molar-refractivity contribution in [1.82, 2.24) is 9.97 Å². The van der Waals surface area contributed by atoms with Gasteiger partial charge < -0.3 is 0 Å². The van der Waals surface area contributed by atoms with Gasteiger partial charge in [0.1, 0.15) is 0 Å². The van der Waals surface area contributed by atoms with E-state index in [1.165, 1.54) is 22.3 Å². The van der Waals surface area contributed by atoms with Gasteiger partial charge in [-0.15, -0.1) is 0 Å². The molecule has 0 unspecified atom stereocenters. The molecule has 9 rings (SSSR count). The van der Waals surface area contributed by atoms with Gasteiger partial charge in [0.05, 0.1) is 22.8 Å². The summed E-state index contributed by atoms with van der Waals surface area (Å²) in [6.07, 6.45) is 0. The first-order valence-corrected chi connectivity index (χ1v) is 18.3. The fourth-order valence-corrected chi connectivity index (χ4v) is 7.01. The lowest BCUT2D eigenvalue weighted by Gasteiger charge is -2.13. The van der Waals surface area contributed by atoms with E-state index in [9.17, 15) is 0 Å². The van der Waals surface area contributed by atoms with Crippen molar-refractivity contribution in [2.24, 2.45) is 0 Å². The van der Waals surface area contributed by atoms with Crippen LogP contribution in [0.2, 0.25) is 0 Å². The normalized spacial score (nSPS) is 11.0. The molecule has 0 saturated carbocycles. The molecule has 2 heteroatoms. The van der Waals surface area contributed by atoms with E-state index in [0.29, 0.717) is 0 Å². The van der Waals surface area contributed by atoms with Crippen LogP contribution in [-0.4, -0.2) is 9.97 Å². The molecule has 2 aromatic heterocycles. The molecule has 0 aliphatic heterocycles. The molecule has 9 aromatic rings. The molecule has 2 heterocycles. The van der Waals surface area contributed by atoms with Crippen LogP contribution in [0.5, 0.6) is 0 Å². The van der Waals surface area contributed by atoms with Crippen LogP contribution < -0.4 is 0 Å². The lowest BCUT2D eigenvalue weighted by Crippen LogP contribution is -1.93. The van der Waals surface area contributed by atoms with Crippen LogP contribution in [0.1, 0.15) is 0 Å². The Morgan fingerprint density at radius 3 is 0.741 bits per heavy atom. The van der Waals surface area contributed by atoms with Gasteiger partial charge in [0.25, 0.3) is 0 Å². The third kappa shape index (κ3) is 7.01. The zero-order chi connectivity index (χ0) is 36.1. The van der Waals surface area contributed by atoms with E-state index in [0.717, 1.165) is 67.3 Å². The van der Waals surface area contributed by atoms with E-state index in [1.807, 2.05) is 24.3 Å². The summed E-state index contributed by atoms with van der Waals surface area (Å²) in [7, 11) is 0. The van der Waals surface area contributed by atoms with Crippen LogP contribution in [-0.2, 0) is 0 Å². The Hall–Kier alpha value is -7.16. The van der Waals surface area contributed by atoms with Crippen LogP contribution in [0.15, 0.2) is 218 Å². The van der Waals surface area contributed by atoms with Gasteiger partial charge in [-0.05, 0) is 74.8 Å². The van der Waals surface area contributed by atoms with Gasteiger partial charge in [0.2, 0.25) is 0 Å². The molecule has 0 saturated heterocycles. The van der Waals surface area contributed by atoms with E-state index >= 15 is 0 Å². The predicted molar refractivity (Wildman–Crippen MR) is 226 cm³/mol. The van der Waals surface area contributed by atoms with Gasteiger partial charge >= 0.3 is 0 Å². The summed E-state index contributed by atoms with van der Waals surface area (Å²) in [6.45, 7) is 0. The first-order valence-electron chi connectivity index (χ1n) is 18.3. The summed E-state index contributed by atoms with van der Waals surface area (Å²) in [5, 5.41) is 0. The predicted octanol–water partition coefficient (Wildman–Crippen LogP) is 13.8. The van der Waals surface area contributed by atoms with Gasteiger partial charge in [0.15, 0.2) is 0 Å². The number of pyridine rings is 2. The minimum atomic E-state index is 0.938.